The van der Waals surface area contributed by atoms with Crippen LogP contribution in [0.15, 0.2) is 75.9 Å². The maximum atomic E-state index is 5.83. The summed E-state index contributed by atoms with van der Waals surface area (Å²) in [4.78, 5) is 4.34. The van der Waals surface area contributed by atoms with E-state index in [2.05, 4.69) is 10.1 Å². The Morgan fingerprint density at radius 2 is 1.79 bits per heavy atom. The maximum absolute atomic E-state index is 5.83. The molecule has 0 aliphatic rings. The Kier molecular flexibility index (Phi) is 3.59. The van der Waals surface area contributed by atoms with Crippen LogP contribution in [0.2, 0.25) is 0 Å². The summed E-state index contributed by atoms with van der Waals surface area (Å²) in [7, 11) is 0. The van der Waals surface area contributed by atoms with Gasteiger partial charge in [-0.2, -0.15) is 4.98 Å². The second-order valence-corrected chi connectivity index (χ2v) is 5.34. The molecule has 0 atom stereocenters. The highest BCUT2D eigenvalue weighted by Crippen LogP contribution is 2.26. The highest BCUT2D eigenvalue weighted by molar-refractivity contribution is 5.58. The number of aryl methyl sites for hydroxylation is 1. The van der Waals surface area contributed by atoms with Crippen LogP contribution in [0.1, 0.15) is 5.56 Å². The van der Waals surface area contributed by atoms with Crippen LogP contribution in [0.4, 0.5) is 0 Å². The van der Waals surface area contributed by atoms with Gasteiger partial charge in [-0.1, -0.05) is 17.3 Å². The van der Waals surface area contributed by atoms with Crippen molar-refractivity contribution >= 4 is 0 Å². The molecule has 2 heterocycles. The van der Waals surface area contributed by atoms with Crippen molar-refractivity contribution in [3.63, 3.8) is 0 Å². The van der Waals surface area contributed by atoms with E-state index < -0.39 is 0 Å². The van der Waals surface area contributed by atoms with E-state index >= 15 is 0 Å². The molecule has 0 radical (unpaired) electrons. The molecular weight excluding hydrogens is 304 g/mol. The third-order valence-electron chi connectivity index (χ3n) is 3.50. The minimum Gasteiger partial charge on any atom is -0.459 e. The zero-order valence-corrected chi connectivity index (χ0v) is 13.0. The molecule has 0 N–H and O–H groups in total. The summed E-state index contributed by atoms with van der Waals surface area (Å²) < 4.78 is 16.3. The van der Waals surface area contributed by atoms with Gasteiger partial charge in [-0.3, -0.25) is 0 Å². The molecule has 0 amide bonds. The van der Waals surface area contributed by atoms with Gasteiger partial charge < -0.3 is 13.7 Å². The number of ether oxygens (including phenoxy) is 1. The number of nitrogens with zero attached hydrogens (tertiary/aromatic N) is 2. The third-order valence-corrected chi connectivity index (χ3v) is 3.50. The third kappa shape index (κ3) is 2.92. The molecule has 24 heavy (non-hydrogen) atoms. The van der Waals surface area contributed by atoms with Crippen LogP contribution in [0, 0.1) is 6.92 Å². The van der Waals surface area contributed by atoms with Gasteiger partial charge >= 0.3 is 0 Å². The van der Waals surface area contributed by atoms with Crippen LogP contribution < -0.4 is 4.74 Å². The molecule has 5 heteroatoms. The molecule has 4 aromatic rings. The molecule has 0 bridgehead atoms. The first kappa shape index (κ1) is 14.3. The van der Waals surface area contributed by atoms with E-state index in [1.807, 2.05) is 55.5 Å². The first-order chi connectivity index (χ1) is 11.8. The first-order valence-electron chi connectivity index (χ1n) is 7.50. The molecule has 118 valence electrons. The lowest BCUT2D eigenvalue weighted by Gasteiger charge is -2.06. The van der Waals surface area contributed by atoms with Crippen molar-refractivity contribution in [2.75, 3.05) is 0 Å². The van der Waals surface area contributed by atoms with Crippen LogP contribution in [0.5, 0.6) is 11.5 Å². The van der Waals surface area contributed by atoms with Crippen molar-refractivity contribution in [2.45, 2.75) is 6.92 Å². The van der Waals surface area contributed by atoms with Gasteiger partial charge in [0.05, 0.1) is 6.26 Å². The number of aromatic nitrogens is 2. The first-order valence-corrected chi connectivity index (χ1v) is 7.50. The molecule has 2 aromatic carbocycles. The van der Waals surface area contributed by atoms with Gasteiger partial charge in [0.2, 0.25) is 5.82 Å². The molecule has 5 nitrogen and oxygen atoms in total. The predicted molar refractivity (Wildman–Crippen MR) is 88.7 cm³/mol. The van der Waals surface area contributed by atoms with E-state index in [1.54, 1.807) is 18.4 Å². The molecule has 2 aromatic heterocycles. The zero-order chi connectivity index (χ0) is 16.4. The Bertz CT molecular complexity index is 941. The largest absolute Gasteiger partial charge is 0.459 e. The fraction of sp³-hybridized carbons (Fsp3) is 0.0526. The lowest BCUT2D eigenvalue weighted by atomic mass is 10.2. The van der Waals surface area contributed by atoms with Crippen molar-refractivity contribution in [2.24, 2.45) is 0 Å². The average molecular weight is 318 g/mol. The van der Waals surface area contributed by atoms with E-state index in [4.69, 9.17) is 13.7 Å². The Hall–Kier alpha value is -3.34. The molecule has 0 fully saturated rings. The fourth-order valence-corrected chi connectivity index (χ4v) is 2.33. The summed E-state index contributed by atoms with van der Waals surface area (Å²) in [5, 5.41) is 3.98. The Morgan fingerprint density at radius 3 is 2.54 bits per heavy atom. The van der Waals surface area contributed by atoms with Crippen molar-refractivity contribution in [3.05, 3.63) is 72.5 Å². The summed E-state index contributed by atoms with van der Waals surface area (Å²) in [6.07, 6.45) is 1.57. The standard InChI is InChI=1S/C19H14N2O3/c1-13-4-2-5-16(12-13)23-15-9-7-14(8-10-15)18-20-19(24-21-18)17-6-3-11-22-17/h2-12H,1H3. The number of hydrogen-bond acceptors (Lipinski definition) is 5. The summed E-state index contributed by atoms with van der Waals surface area (Å²) in [5.74, 6) is 2.97. The molecule has 0 aliphatic carbocycles. The highest BCUT2D eigenvalue weighted by atomic mass is 16.5. The lowest BCUT2D eigenvalue weighted by molar-refractivity contribution is 0.417. The Balaban J connectivity index is 1.53. The minimum atomic E-state index is 0.357. The van der Waals surface area contributed by atoms with Crippen LogP contribution in [0.25, 0.3) is 23.0 Å². The van der Waals surface area contributed by atoms with Gasteiger partial charge in [-0.25, -0.2) is 0 Å². The van der Waals surface area contributed by atoms with Crippen molar-refractivity contribution < 1.29 is 13.7 Å². The number of rotatable bonds is 4. The van der Waals surface area contributed by atoms with Gasteiger partial charge in [-0.15, -0.1) is 0 Å². The van der Waals surface area contributed by atoms with E-state index in [-0.39, 0.29) is 0 Å². The monoisotopic (exact) mass is 318 g/mol. The van der Waals surface area contributed by atoms with Crippen molar-refractivity contribution in [3.8, 4) is 34.5 Å². The number of furan rings is 1. The molecule has 0 unspecified atom stereocenters. The Morgan fingerprint density at radius 1 is 0.917 bits per heavy atom. The topological polar surface area (TPSA) is 61.3 Å². The number of benzene rings is 2. The molecular formula is C19H14N2O3. The highest BCUT2D eigenvalue weighted by Gasteiger charge is 2.12. The SMILES string of the molecule is Cc1cccc(Oc2ccc(-c3noc(-c4ccco4)n3)cc2)c1. The number of hydrogen-bond donors (Lipinski definition) is 0. The quantitative estimate of drug-likeness (QED) is 0.524. The zero-order valence-electron chi connectivity index (χ0n) is 13.0. The van der Waals surface area contributed by atoms with Crippen LogP contribution >= 0.6 is 0 Å². The van der Waals surface area contributed by atoms with Gasteiger partial charge in [0.25, 0.3) is 5.89 Å². The second kappa shape index (κ2) is 6.04. The van der Waals surface area contributed by atoms with E-state index in [9.17, 15) is 0 Å². The average Bonchev–Trinajstić information content (AvgIpc) is 3.27. The summed E-state index contributed by atoms with van der Waals surface area (Å²) in [6, 6.07) is 19.0. The lowest BCUT2D eigenvalue weighted by Crippen LogP contribution is -1.86. The van der Waals surface area contributed by atoms with Gasteiger partial charge in [0, 0.05) is 5.56 Å². The second-order valence-electron chi connectivity index (χ2n) is 5.34. The van der Waals surface area contributed by atoms with Gasteiger partial charge in [0.15, 0.2) is 5.76 Å². The molecule has 0 aliphatic heterocycles. The molecule has 0 saturated heterocycles. The smallest absolute Gasteiger partial charge is 0.293 e. The van der Waals surface area contributed by atoms with Crippen LogP contribution in [-0.2, 0) is 0 Å². The minimum absolute atomic E-state index is 0.357. The molecule has 0 saturated carbocycles. The summed E-state index contributed by atoms with van der Waals surface area (Å²) >= 11 is 0. The van der Waals surface area contributed by atoms with Crippen molar-refractivity contribution in [1.82, 2.24) is 10.1 Å². The van der Waals surface area contributed by atoms with E-state index in [1.165, 1.54) is 0 Å². The summed E-state index contributed by atoms with van der Waals surface area (Å²) in [5.41, 5.74) is 1.99. The molecule has 4 rings (SSSR count). The maximum Gasteiger partial charge on any atom is 0.293 e. The van der Waals surface area contributed by atoms with E-state index in [0.29, 0.717) is 17.5 Å². The Labute approximate surface area is 138 Å². The summed E-state index contributed by atoms with van der Waals surface area (Å²) in [6.45, 7) is 2.03. The van der Waals surface area contributed by atoms with Gasteiger partial charge in [-0.05, 0) is 61.0 Å². The van der Waals surface area contributed by atoms with Crippen LogP contribution in [0.3, 0.4) is 0 Å². The van der Waals surface area contributed by atoms with Crippen molar-refractivity contribution in [1.29, 1.82) is 0 Å². The van der Waals surface area contributed by atoms with Gasteiger partial charge in [0.1, 0.15) is 11.5 Å². The van der Waals surface area contributed by atoms with E-state index in [0.717, 1.165) is 22.6 Å². The molecule has 0 spiro atoms. The van der Waals surface area contributed by atoms with Crippen LogP contribution in [-0.4, -0.2) is 10.1 Å². The fourth-order valence-electron chi connectivity index (χ4n) is 2.33. The predicted octanol–water partition coefficient (Wildman–Crippen LogP) is 5.10. The normalized spacial score (nSPS) is 10.7.